The van der Waals surface area contributed by atoms with Gasteiger partial charge in [0.15, 0.2) is 0 Å². The van der Waals surface area contributed by atoms with Gasteiger partial charge in [0, 0.05) is 23.3 Å². The van der Waals surface area contributed by atoms with Gasteiger partial charge in [-0.15, -0.1) is 11.8 Å². The lowest BCUT2D eigenvalue weighted by atomic mass is 9.96. The maximum absolute atomic E-state index is 6.08. The molecule has 18 heavy (non-hydrogen) atoms. The number of aromatic nitrogens is 2. The molecule has 0 amide bonds. The minimum atomic E-state index is -0.0853. The van der Waals surface area contributed by atoms with Crippen LogP contribution in [0.4, 0.5) is 0 Å². The number of hydrogen-bond acceptors (Lipinski definition) is 4. The average molecular weight is 287 g/mol. The maximum Gasteiger partial charge on any atom is 0.136 e. The summed E-state index contributed by atoms with van der Waals surface area (Å²) < 4.78 is 5.57. The van der Waals surface area contributed by atoms with E-state index in [1.807, 2.05) is 6.07 Å². The molecule has 0 spiro atoms. The van der Waals surface area contributed by atoms with Crippen molar-refractivity contribution < 1.29 is 4.74 Å². The van der Waals surface area contributed by atoms with Crippen molar-refractivity contribution in [3.05, 3.63) is 17.0 Å². The number of rotatable bonds is 2. The minimum absolute atomic E-state index is 0.0853. The first-order valence-corrected chi connectivity index (χ1v) is 7.45. The van der Waals surface area contributed by atoms with E-state index in [2.05, 4.69) is 37.7 Å². The Hall–Kier alpha value is -0.320. The molecular weight excluding hydrogens is 268 g/mol. The number of thioether (sulfide) groups is 1. The number of hydrogen-bond donors (Lipinski definition) is 0. The zero-order chi connectivity index (χ0) is 13.3. The highest BCUT2D eigenvalue weighted by Crippen LogP contribution is 2.33. The fraction of sp³-hybridized carbons (Fsp3) is 0.692. The molecule has 1 aliphatic heterocycles. The first-order valence-electron chi connectivity index (χ1n) is 6.19. The molecule has 0 saturated carbocycles. The van der Waals surface area contributed by atoms with Crippen molar-refractivity contribution in [2.24, 2.45) is 0 Å². The smallest absolute Gasteiger partial charge is 0.136 e. The van der Waals surface area contributed by atoms with Gasteiger partial charge in [0.25, 0.3) is 0 Å². The van der Waals surface area contributed by atoms with E-state index in [9.17, 15) is 0 Å². The summed E-state index contributed by atoms with van der Waals surface area (Å²) in [5.41, 5.74) is -0.0853. The summed E-state index contributed by atoms with van der Waals surface area (Å²) in [6.45, 7) is 9.22. The Bertz CT molecular complexity index is 433. The van der Waals surface area contributed by atoms with Gasteiger partial charge in [-0.1, -0.05) is 32.4 Å². The molecule has 1 aromatic rings. The van der Waals surface area contributed by atoms with Gasteiger partial charge in [-0.3, -0.25) is 0 Å². The molecule has 0 N–H and O–H groups in total. The highest BCUT2D eigenvalue weighted by molar-refractivity contribution is 7.99. The van der Waals surface area contributed by atoms with E-state index in [0.717, 1.165) is 23.9 Å². The second-order valence-electron chi connectivity index (χ2n) is 5.62. The lowest BCUT2D eigenvalue weighted by Gasteiger charge is -2.18. The van der Waals surface area contributed by atoms with Crippen molar-refractivity contribution >= 4 is 23.4 Å². The molecule has 0 aromatic carbocycles. The normalized spacial score (nSPS) is 24.5. The summed E-state index contributed by atoms with van der Waals surface area (Å²) in [5, 5.41) is 1.93. The molecule has 0 radical (unpaired) electrons. The summed E-state index contributed by atoms with van der Waals surface area (Å²) in [5.74, 6) is 0.795. The summed E-state index contributed by atoms with van der Waals surface area (Å²) >= 11 is 7.83. The van der Waals surface area contributed by atoms with Crippen LogP contribution >= 0.6 is 23.4 Å². The minimum Gasteiger partial charge on any atom is -0.377 e. The SMILES string of the molecule is CC1OCCC1Sc1cc(Cl)nc(C(C)(C)C)n1. The Morgan fingerprint density at radius 2 is 2.11 bits per heavy atom. The molecule has 1 fully saturated rings. The molecule has 1 saturated heterocycles. The van der Waals surface area contributed by atoms with Crippen molar-refractivity contribution in [2.75, 3.05) is 6.61 Å². The van der Waals surface area contributed by atoms with E-state index in [-0.39, 0.29) is 11.5 Å². The Kier molecular flexibility index (Phi) is 4.19. The molecule has 0 bridgehead atoms. The van der Waals surface area contributed by atoms with Crippen LogP contribution in [0.3, 0.4) is 0 Å². The largest absolute Gasteiger partial charge is 0.377 e. The molecule has 0 aliphatic carbocycles. The monoisotopic (exact) mass is 286 g/mol. The number of nitrogens with zero attached hydrogens (tertiary/aromatic N) is 2. The molecule has 5 heteroatoms. The number of halogens is 1. The average Bonchev–Trinajstić information content (AvgIpc) is 2.62. The predicted octanol–water partition coefficient (Wildman–Crippen LogP) is 3.70. The molecule has 3 nitrogen and oxygen atoms in total. The highest BCUT2D eigenvalue weighted by Gasteiger charge is 2.27. The van der Waals surface area contributed by atoms with Crippen molar-refractivity contribution in [1.82, 2.24) is 9.97 Å². The number of ether oxygens (including phenoxy) is 1. The standard InChI is InChI=1S/C13H19ClN2OS/c1-8-9(5-6-17-8)18-11-7-10(14)15-12(16-11)13(2,3)4/h7-9H,5-6H2,1-4H3. The molecule has 100 valence electrons. The van der Waals surface area contributed by atoms with E-state index in [4.69, 9.17) is 16.3 Å². The summed E-state index contributed by atoms with van der Waals surface area (Å²) in [7, 11) is 0. The maximum atomic E-state index is 6.08. The van der Waals surface area contributed by atoms with Gasteiger partial charge < -0.3 is 4.74 Å². The quantitative estimate of drug-likeness (QED) is 0.777. The fourth-order valence-corrected chi connectivity index (χ4v) is 3.18. The third-order valence-corrected chi connectivity index (χ3v) is 4.49. The van der Waals surface area contributed by atoms with E-state index >= 15 is 0 Å². The second-order valence-corrected chi connectivity index (χ2v) is 7.27. The molecule has 2 unspecified atom stereocenters. The van der Waals surface area contributed by atoms with Gasteiger partial charge in [0.1, 0.15) is 16.0 Å². The molecule has 1 aromatic heterocycles. The van der Waals surface area contributed by atoms with Gasteiger partial charge in [0.05, 0.1) is 6.10 Å². The zero-order valence-electron chi connectivity index (χ0n) is 11.2. The van der Waals surface area contributed by atoms with Gasteiger partial charge in [-0.2, -0.15) is 0 Å². The third kappa shape index (κ3) is 3.37. The van der Waals surface area contributed by atoms with E-state index in [0.29, 0.717) is 10.4 Å². The third-order valence-electron chi connectivity index (χ3n) is 2.92. The topological polar surface area (TPSA) is 35.0 Å². The van der Waals surface area contributed by atoms with Crippen LogP contribution in [0.1, 0.15) is 39.9 Å². The van der Waals surface area contributed by atoms with Gasteiger partial charge >= 0.3 is 0 Å². The van der Waals surface area contributed by atoms with Crippen LogP contribution in [0.25, 0.3) is 0 Å². The second kappa shape index (κ2) is 5.35. The summed E-state index contributed by atoms with van der Waals surface area (Å²) in [6, 6.07) is 1.84. The van der Waals surface area contributed by atoms with E-state index in [1.54, 1.807) is 11.8 Å². The van der Waals surface area contributed by atoms with E-state index < -0.39 is 0 Å². The lowest BCUT2D eigenvalue weighted by Crippen LogP contribution is -2.18. The van der Waals surface area contributed by atoms with Crippen molar-refractivity contribution in [2.45, 2.75) is 55.9 Å². The lowest BCUT2D eigenvalue weighted by molar-refractivity contribution is 0.127. The van der Waals surface area contributed by atoms with Crippen molar-refractivity contribution in [3.63, 3.8) is 0 Å². The Labute approximate surface area is 118 Å². The Morgan fingerprint density at radius 1 is 1.39 bits per heavy atom. The molecule has 2 heterocycles. The van der Waals surface area contributed by atoms with Crippen LogP contribution in [0.2, 0.25) is 5.15 Å². The van der Waals surface area contributed by atoms with Gasteiger partial charge in [-0.05, 0) is 13.3 Å². The molecule has 2 atom stereocenters. The van der Waals surface area contributed by atoms with Crippen LogP contribution in [0.5, 0.6) is 0 Å². The first kappa shape index (κ1) is 14.1. The van der Waals surface area contributed by atoms with Crippen molar-refractivity contribution in [1.29, 1.82) is 0 Å². The summed E-state index contributed by atoms with van der Waals surface area (Å²) in [4.78, 5) is 8.92. The van der Waals surface area contributed by atoms with Gasteiger partial charge in [0.2, 0.25) is 0 Å². The zero-order valence-corrected chi connectivity index (χ0v) is 12.8. The van der Waals surface area contributed by atoms with Crippen LogP contribution in [0, 0.1) is 0 Å². The van der Waals surface area contributed by atoms with Crippen LogP contribution in [-0.2, 0) is 10.2 Å². The molecule has 2 rings (SSSR count). The van der Waals surface area contributed by atoms with E-state index in [1.165, 1.54) is 0 Å². The van der Waals surface area contributed by atoms with Crippen LogP contribution in [0.15, 0.2) is 11.1 Å². The van der Waals surface area contributed by atoms with Crippen molar-refractivity contribution in [3.8, 4) is 0 Å². The van der Waals surface area contributed by atoms with Gasteiger partial charge in [-0.25, -0.2) is 9.97 Å². The van der Waals surface area contributed by atoms with Crippen LogP contribution in [-0.4, -0.2) is 27.9 Å². The Balaban J connectivity index is 2.20. The Morgan fingerprint density at radius 3 is 2.67 bits per heavy atom. The predicted molar refractivity (Wildman–Crippen MR) is 75.4 cm³/mol. The fourth-order valence-electron chi connectivity index (χ4n) is 1.81. The molecule has 1 aliphatic rings. The molecular formula is C13H19ClN2OS. The first-order chi connectivity index (χ1) is 8.36. The van der Waals surface area contributed by atoms with Crippen LogP contribution < -0.4 is 0 Å². The highest BCUT2D eigenvalue weighted by atomic mass is 35.5. The summed E-state index contributed by atoms with van der Waals surface area (Å²) in [6.07, 6.45) is 1.35.